The Morgan fingerprint density at radius 3 is 2.38 bits per heavy atom. The molecule has 2 heterocycles. The van der Waals surface area contributed by atoms with E-state index >= 15 is 0 Å². The lowest BCUT2D eigenvalue weighted by atomic mass is 10.1. The average Bonchev–Trinajstić information content (AvgIpc) is 3.55. The van der Waals surface area contributed by atoms with Crippen molar-refractivity contribution in [2.75, 3.05) is 57.8 Å². The van der Waals surface area contributed by atoms with Gasteiger partial charge in [0, 0.05) is 51.5 Å². The topological polar surface area (TPSA) is 69.0 Å². The fraction of sp³-hybridized carbons (Fsp3) is 0.375. The second kappa shape index (κ2) is 12.8. The third kappa shape index (κ3) is 6.59. The van der Waals surface area contributed by atoms with Crippen LogP contribution in [-0.4, -0.2) is 68.6 Å². The van der Waals surface area contributed by atoms with Gasteiger partial charge in [0.15, 0.2) is 0 Å². The molecular formula is C32H36N4O3. The Labute approximate surface area is 231 Å². The van der Waals surface area contributed by atoms with Crippen molar-refractivity contribution in [1.29, 1.82) is 5.26 Å². The Kier molecular flexibility index (Phi) is 8.77. The van der Waals surface area contributed by atoms with Crippen molar-refractivity contribution in [3.05, 3.63) is 95.1 Å². The van der Waals surface area contributed by atoms with Crippen LogP contribution in [0.15, 0.2) is 72.8 Å². The number of nitrogens with zero attached hydrogens (tertiary/aromatic N) is 4. The number of anilines is 1. The number of piperazine rings is 1. The number of carbonyl (C=O) groups excluding carboxylic acids is 1. The summed E-state index contributed by atoms with van der Waals surface area (Å²) < 4.78 is 12.0. The third-order valence-electron chi connectivity index (χ3n) is 7.67. The molecule has 0 bridgehead atoms. The molecule has 3 aromatic rings. The van der Waals surface area contributed by atoms with Crippen molar-refractivity contribution < 1.29 is 14.3 Å². The van der Waals surface area contributed by atoms with Crippen LogP contribution in [0.4, 0.5) is 5.69 Å². The van der Waals surface area contributed by atoms with Crippen molar-refractivity contribution >= 4 is 11.6 Å². The number of rotatable bonds is 9. The van der Waals surface area contributed by atoms with Gasteiger partial charge in [-0.25, -0.2) is 0 Å². The van der Waals surface area contributed by atoms with Crippen molar-refractivity contribution in [2.45, 2.75) is 25.6 Å². The number of hydrogen-bond donors (Lipinski definition) is 0. The van der Waals surface area contributed by atoms with Crippen LogP contribution in [0.2, 0.25) is 0 Å². The van der Waals surface area contributed by atoms with Crippen LogP contribution in [0.5, 0.6) is 5.75 Å². The SMILES string of the molecule is COc1ccccc1C(=O)N1CCN(CC(OCc2ccc(C#N)cc2)c2cccc(N3CCCC3)c2)CC1. The smallest absolute Gasteiger partial charge is 0.257 e. The summed E-state index contributed by atoms with van der Waals surface area (Å²) in [6.07, 6.45) is 2.36. The van der Waals surface area contributed by atoms with Crippen LogP contribution in [0.25, 0.3) is 0 Å². The largest absolute Gasteiger partial charge is 0.496 e. The number of para-hydroxylation sites is 1. The normalized spacial score (nSPS) is 16.6. The number of benzene rings is 3. The Balaban J connectivity index is 1.27. The van der Waals surface area contributed by atoms with E-state index in [1.54, 1.807) is 7.11 Å². The molecule has 1 atom stereocenters. The standard InChI is InChI=1S/C32H36N4O3/c1-38-30-10-3-2-9-29(30)32(37)36-19-17-34(18-20-36)23-31(39-24-26-13-11-25(22-33)12-14-26)27-7-6-8-28(21-27)35-15-4-5-16-35/h2-3,6-14,21,31H,4-5,15-20,23-24H2,1H3. The minimum atomic E-state index is -0.111. The van der Waals surface area contributed by atoms with Crippen molar-refractivity contribution in [2.24, 2.45) is 0 Å². The number of carbonyl (C=O) groups is 1. The molecule has 2 fully saturated rings. The van der Waals surface area contributed by atoms with E-state index in [2.05, 4.69) is 40.1 Å². The van der Waals surface area contributed by atoms with Crippen molar-refractivity contribution in [3.63, 3.8) is 0 Å². The minimum absolute atomic E-state index is 0.0130. The van der Waals surface area contributed by atoms with Gasteiger partial charge in [0.25, 0.3) is 5.91 Å². The Bertz CT molecular complexity index is 1290. The molecule has 2 aliphatic rings. The van der Waals surface area contributed by atoms with Gasteiger partial charge in [-0.3, -0.25) is 9.69 Å². The van der Waals surface area contributed by atoms with Gasteiger partial charge < -0.3 is 19.3 Å². The van der Waals surface area contributed by atoms with Gasteiger partial charge >= 0.3 is 0 Å². The molecule has 0 N–H and O–H groups in total. The van der Waals surface area contributed by atoms with E-state index in [-0.39, 0.29) is 12.0 Å². The molecule has 1 unspecified atom stereocenters. The fourth-order valence-corrected chi connectivity index (χ4v) is 5.38. The van der Waals surface area contributed by atoms with E-state index in [1.807, 2.05) is 53.4 Å². The van der Waals surface area contributed by atoms with Crippen LogP contribution in [0, 0.1) is 11.3 Å². The highest BCUT2D eigenvalue weighted by atomic mass is 16.5. The maximum absolute atomic E-state index is 13.2. The maximum Gasteiger partial charge on any atom is 0.257 e. The lowest BCUT2D eigenvalue weighted by Crippen LogP contribution is -2.49. The van der Waals surface area contributed by atoms with Crippen molar-refractivity contribution in [1.82, 2.24) is 9.80 Å². The summed E-state index contributed by atoms with van der Waals surface area (Å²) in [6.45, 7) is 6.30. The molecule has 3 aromatic carbocycles. The zero-order valence-corrected chi connectivity index (χ0v) is 22.6. The zero-order valence-electron chi connectivity index (χ0n) is 22.6. The zero-order chi connectivity index (χ0) is 27.0. The summed E-state index contributed by atoms with van der Waals surface area (Å²) >= 11 is 0. The van der Waals surface area contributed by atoms with E-state index in [1.165, 1.54) is 24.1 Å². The first kappa shape index (κ1) is 26.7. The summed E-state index contributed by atoms with van der Waals surface area (Å²) in [4.78, 5) is 19.9. The molecular weight excluding hydrogens is 488 g/mol. The van der Waals surface area contributed by atoms with Gasteiger partial charge in [-0.05, 0) is 60.4 Å². The number of methoxy groups -OCH3 is 1. The van der Waals surface area contributed by atoms with E-state index in [4.69, 9.17) is 14.7 Å². The predicted molar refractivity (Wildman–Crippen MR) is 152 cm³/mol. The Morgan fingerprint density at radius 2 is 1.67 bits per heavy atom. The molecule has 5 rings (SSSR count). The summed E-state index contributed by atoms with van der Waals surface area (Å²) in [5, 5.41) is 9.12. The first-order chi connectivity index (χ1) is 19.1. The number of nitriles is 1. The fourth-order valence-electron chi connectivity index (χ4n) is 5.38. The first-order valence-electron chi connectivity index (χ1n) is 13.7. The second-order valence-corrected chi connectivity index (χ2v) is 10.2. The molecule has 7 nitrogen and oxygen atoms in total. The van der Waals surface area contributed by atoms with Crippen LogP contribution < -0.4 is 9.64 Å². The molecule has 2 saturated heterocycles. The van der Waals surface area contributed by atoms with Gasteiger partial charge in [0.05, 0.1) is 37.0 Å². The molecule has 0 aliphatic carbocycles. The predicted octanol–water partition coefficient (Wildman–Crippen LogP) is 4.88. The highest BCUT2D eigenvalue weighted by molar-refractivity contribution is 5.97. The maximum atomic E-state index is 13.2. The van der Waals surface area contributed by atoms with E-state index in [9.17, 15) is 4.79 Å². The lowest BCUT2D eigenvalue weighted by molar-refractivity contribution is 0.00341. The highest BCUT2D eigenvalue weighted by Crippen LogP contribution is 2.28. The molecule has 7 heteroatoms. The van der Waals surface area contributed by atoms with Gasteiger partial charge in [0.1, 0.15) is 5.75 Å². The van der Waals surface area contributed by atoms with E-state index in [0.717, 1.165) is 38.3 Å². The first-order valence-corrected chi connectivity index (χ1v) is 13.7. The molecule has 0 spiro atoms. The van der Waals surface area contributed by atoms with Crippen LogP contribution in [0.1, 0.15) is 46.0 Å². The molecule has 0 saturated carbocycles. The Hall–Kier alpha value is -3.86. The molecule has 2 aliphatic heterocycles. The average molecular weight is 525 g/mol. The summed E-state index contributed by atoms with van der Waals surface area (Å²) in [7, 11) is 1.60. The number of hydrogen-bond acceptors (Lipinski definition) is 6. The Morgan fingerprint density at radius 1 is 0.923 bits per heavy atom. The van der Waals surface area contributed by atoms with Gasteiger partial charge in [0.2, 0.25) is 0 Å². The third-order valence-corrected chi connectivity index (χ3v) is 7.67. The minimum Gasteiger partial charge on any atom is -0.496 e. The van der Waals surface area contributed by atoms with E-state index < -0.39 is 0 Å². The van der Waals surface area contributed by atoms with Crippen LogP contribution in [0.3, 0.4) is 0 Å². The van der Waals surface area contributed by atoms with Gasteiger partial charge in [-0.15, -0.1) is 0 Å². The quantitative estimate of drug-likeness (QED) is 0.397. The molecule has 0 aromatic heterocycles. The molecule has 39 heavy (non-hydrogen) atoms. The monoisotopic (exact) mass is 524 g/mol. The highest BCUT2D eigenvalue weighted by Gasteiger charge is 2.26. The number of ether oxygens (including phenoxy) is 2. The molecule has 202 valence electrons. The van der Waals surface area contributed by atoms with Crippen molar-refractivity contribution in [3.8, 4) is 11.8 Å². The second-order valence-electron chi connectivity index (χ2n) is 10.2. The van der Waals surface area contributed by atoms with Gasteiger partial charge in [-0.2, -0.15) is 5.26 Å². The molecule has 0 radical (unpaired) electrons. The molecule has 1 amide bonds. The van der Waals surface area contributed by atoms with Crippen LogP contribution in [-0.2, 0) is 11.3 Å². The summed E-state index contributed by atoms with van der Waals surface area (Å²) in [5.74, 6) is 0.623. The summed E-state index contributed by atoms with van der Waals surface area (Å²) in [5.41, 5.74) is 4.72. The van der Waals surface area contributed by atoms with E-state index in [0.29, 0.717) is 36.6 Å². The van der Waals surface area contributed by atoms with Crippen LogP contribution >= 0.6 is 0 Å². The number of amides is 1. The van der Waals surface area contributed by atoms with Gasteiger partial charge in [-0.1, -0.05) is 36.4 Å². The summed E-state index contributed by atoms with van der Waals surface area (Å²) in [6, 6.07) is 25.9. The lowest BCUT2D eigenvalue weighted by Gasteiger charge is -2.36.